The van der Waals surface area contributed by atoms with Crippen molar-refractivity contribution in [3.05, 3.63) is 11.9 Å². The summed E-state index contributed by atoms with van der Waals surface area (Å²) in [6, 6.07) is 0. The van der Waals surface area contributed by atoms with E-state index < -0.39 is 0 Å². The van der Waals surface area contributed by atoms with Crippen molar-refractivity contribution in [2.24, 2.45) is 0 Å². The summed E-state index contributed by atoms with van der Waals surface area (Å²) < 4.78 is 6.85. The van der Waals surface area contributed by atoms with E-state index in [9.17, 15) is 4.79 Å². The molecule has 1 rings (SSSR count). The molecular weight excluding hydrogens is 212 g/mol. The Kier molecular flexibility index (Phi) is 4.68. The Balaban J connectivity index is 2.98. The van der Waals surface area contributed by atoms with Crippen molar-refractivity contribution in [2.75, 3.05) is 19.1 Å². The number of aryl methyl sites for hydroxylation is 1. The molecule has 0 fully saturated rings. The summed E-state index contributed by atoms with van der Waals surface area (Å²) in [4.78, 5) is 11.8. The molecule has 0 saturated heterocycles. The van der Waals surface area contributed by atoms with Crippen LogP contribution in [0.3, 0.4) is 0 Å². The maximum atomic E-state index is 11.8. The minimum atomic E-state index is 0.0744. The van der Waals surface area contributed by atoms with Crippen LogP contribution >= 0.6 is 11.8 Å². The molecule has 0 bridgehead atoms. The summed E-state index contributed by atoms with van der Waals surface area (Å²) >= 11 is 1.51. The Hall–Kier alpha value is -0.970. The standard InChI is InChI=1S/C10H16N2O2S/c1-4-5-12-10(8(13)7-15-3)9(14-2)6-11-12/h6H,4-5,7H2,1-3H3. The zero-order chi connectivity index (χ0) is 11.3. The summed E-state index contributed by atoms with van der Waals surface area (Å²) in [6.45, 7) is 2.80. The van der Waals surface area contributed by atoms with Crippen molar-refractivity contribution < 1.29 is 9.53 Å². The number of ketones is 1. The second-order valence-electron chi connectivity index (χ2n) is 3.14. The van der Waals surface area contributed by atoms with E-state index in [1.165, 1.54) is 11.8 Å². The molecule has 0 spiro atoms. The number of carbonyl (C=O) groups is 1. The van der Waals surface area contributed by atoms with Crippen molar-refractivity contribution in [1.82, 2.24) is 9.78 Å². The Morgan fingerprint density at radius 2 is 2.40 bits per heavy atom. The van der Waals surface area contributed by atoms with Gasteiger partial charge in [0.15, 0.2) is 11.5 Å². The molecule has 0 atom stereocenters. The molecule has 5 heteroatoms. The van der Waals surface area contributed by atoms with Crippen LogP contribution < -0.4 is 4.74 Å². The Bertz CT molecular complexity index is 336. The number of rotatable bonds is 6. The molecule has 0 amide bonds. The van der Waals surface area contributed by atoms with Crippen LogP contribution in [0.5, 0.6) is 5.75 Å². The maximum Gasteiger partial charge on any atom is 0.194 e. The van der Waals surface area contributed by atoms with Gasteiger partial charge >= 0.3 is 0 Å². The third-order valence-electron chi connectivity index (χ3n) is 2.00. The van der Waals surface area contributed by atoms with Gasteiger partial charge in [0.05, 0.1) is 19.1 Å². The highest BCUT2D eigenvalue weighted by atomic mass is 32.2. The molecule has 0 saturated carbocycles. The zero-order valence-corrected chi connectivity index (χ0v) is 10.1. The Morgan fingerprint density at radius 3 is 2.93 bits per heavy atom. The van der Waals surface area contributed by atoms with Crippen LogP contribution in [0.25, 0.3) is 0 Å². The van der Waals surface area contributed by atoms with Gasteiger partial charge in [-0.1, -0.05) is 6.92 Å². The molecule has 0 unspecified atom stereocenters. The first-order valence-corrected chi connectivity index (χ1v) is 6.25. The summed E-state index contributed by atoms with van der Waals surface area (Å²) in [6.07, 6.45) is 4.46. The topological polar surface area (TPSA) is 44.1 Å². The highest BCUT2D eigenvalue weighted by Crippen LogP contribution is 2.19. The van der Waals surface area contributed by atoms with E-state index in [1.807, 2.05) is 6.26 Å². The maximum absolute atomic E-state index is 11.8. The third-order valence-corrected chi connectivity index (χ3v) is 2.55. The average molecular weight is 228 g/mol. The summed E-state index contributed by atoms with van der Waals surface area (Å²) in [7, 11) is 1.56. The Labute approximate surface area is 94.0 Å². The van der Waals surface area contributed by atoms with Crippen molar-refractivity contribution in [1.29, 1.82) is 0 Å². The number of thioether (sulfide) groups is 1. The molecule has 0 aromatic carbocycles. The van der Waals surface area contributed by atoms with Gasteiger partial charge in [-0.15, -0.1) is 0 Å². The number of carbonyl (C=O) groups excluding carboxylic acids is 1. The minimum Gasteiger partial charge on any atom is -0.493 e. The van der Waals surface area contributed by atoms with E-state index in [-0.39, 0.29) is 5.78 Å². The van der Waals surface area contributed by atoms with E-state index >= 15 is 0 Å². The van der Waals surface area contributed by atoms with Gasteiger partial charge in [-0.2, -0.15) is 16.9 Å². The van der Waals surface area contributed by atoms with Gasteiger partial charge in [-0.05, 0) is 12.7 Å². The third kappa shape index (κ3) is 2.75. The first-order valence-electron chi connectivity index (χ1n) is 4.86. The number of methoxy groups -OCH3 is 1. The monoisotopic (exact) mass is 228 g/mol. The molecule has 0 radical (unpaired) electrons. The van der Waals surface area contributed by atoms with Crippen LogP contribution in [0, 0.1) is 0 Å². The summed E-state index contributed by atoms with van der Waals surface area (Å²) in [5, 5.41) is 4.14. The lowest BCUT2D eigenvalue weighted by Crippen LogP contribution is -2.13. The fraction of sp³-hybridized carbons (Fsp3) is 0.600. The van der Waals surface area contributed by atoms with E-state index in [2.05, 4.69) is 12.0 Å². The predicted octanol–water partition coefficient (Wildman–Crippen LogP) is 1.85. The van der Waals surface area contributed by atoms with Crippen LogP contribution in [-0.2, 0) is 6.54 Å². The van der Waals surface area contributed by atoms with Gasteiger partial charge in [0.2, 0.25) is 0 Å². The van der Waals surface area contributed by atoms with Gasteiger partial charge in [-0.3, -0.25) is 9.48 Å². The first kappa shape index (κ1) is 12.1. The lowest BCUT2D eigenvalue weighted by Gasteiger charge is -2.06. The molecular formula is C10H16N2O2S. The average Bonchev–Trinajstić information content (AvgIpc) is 2.62. The van der Waals surface area contributed by atoms with Crippen LogP contribution in [0.15, 0.2) is 6.20 Å². The number of ether oxygens (including phenoxy) is 1. The van der Waals surface area contributed by atoms with Crippen LogP contribution in [0.2, 0.25) is 0 Å². The molecule has 15 heavy (non-hydrogen) atoms. The molecule has 84 valence electrons. The molecule has 1 aromatic heterocycles. The lowest BCUT2D eigenvalue weighted by atomic mass is 10.3. The molecule has 0 N–H and O–H groups in total. The van der Waals surface area contributed by atoms with Crippen molar-refractivity contribution in [3.8, 4) is 5.75 Å². The first-order chi connectivity index (χ1) is 7.24. The normalized spacial score (nSPS) is 10.3. The second-order valence-corrected chi connectivity index (χ2v) is 4.01. The number of nitrogens with zero attached hydrogens (tertiary/aromatic N) is 2. The molecule has 4 nitrogen and oxygen atoms in total. The highest BCUT2D eigenvalue weighted by molar-refractivity contribution is 7.99. The number of hydrogen-bond acceptors (Lipinski definition) is 4. The fourth-order valence-electron chi connectivity index (χ4n) is 1.38. The molecule has 1 heterocycles. The smallest absolute Gasteiger partial charge is 0.194 e. The zero-order valence-electron chi connectivity index (χ0n) is 9.32. The van der Waals surface area contributed by atoms with E-state index in [0.717, 1.165) is 13.0 Å². The summed E-state index contributed by atoms with van der Waals surface area (Å²) in [5.41, 5.74) is 0.591. The van der Waals surface area contributed by atoms with Gasteiger partial charge in [0.25, 0.3) is 0 Å². The molecule has 1 aromatic rings. The molecule has 0 aliphatic heterocycles. The molecule has 0 aliphatic carbocycles. The van der Waals surface area contributed by atoms with Crippen LogP contribution in [0.4, 0.5) is 0 Å². The van der Waals surface area contributed by atoms with Crippen LogP contribution in [-0.4, -0.2) is 34.7 Å². The number of aromatic nitrogens is 2. The molecule has 0 aliphatic rings. The van der Waals surface area contributed by atoms with E-state index in [0.29, 0.717) is 17.2 Å². The van der Waals surface area contributed by atoms with Crippen molar-refractivity contribution in [2.45, 2.75) is 19.9 Å². The highest BCUT2D eigenvalue weighted by Gasteiger charge is 2.18. The number of Topliss-reactive ketones (excluding diaryl/α,β-unsaturated/α-hetero) is 1. The minimum absolute atomic E-state index is 0.0744. The predicted molar refractivity (Wildman–Crippen MR) is 61.8 cm³/mol. The Morgan fingerprint density at radius 1 is 1.67 bits per heavy atom. The van der Waals surface area contributed by atoms with Gasteiger partial charge in [0, 0.05) is 6.54 Å². The number of hydrogen-bond donors (Lipinski definition) is 0. The van der Waals surface area contributed by atoms with Crippen molar-refractivity contribution in [3.63, 3.8) is 0 Å². The largest absolute Gasteiger partial charge is 0.493 e. The lowest BCUT2D eigenvalue weighted by molar-refractivity contribution is 0.100. The van der Waals surface area contributed by atoms with Crippen molar-refractivity contribution >= 4 is 17.5 Å². The van der Waals surface area contributed by atoms with E-state index in [1.54, 1.807) is 18.0 Å². The van der Waals surface area contributed by atoms with E-state index in [4.69, 9.17) is 4.74 Å². The summed E-state index contributed by atoms with van der Waals surface area (Å²) in [5.74, 6) is 1.11. The SMILES string of the molecule is CCCn1ncc(OC)c1C(=O)CSC. The van der Waals surface area contributed by atoms with Gasteiger partial charge in [0.1, 0.15) is 5.69 Å². The second kappa shape index (κ2) is 5.80. The van der Waals surface area contributed by atoms with Gasteiger partial charge in [-0.25, -0.2) is 0 Å². The van der Waals surface area contributed by atoms with Gasteiger partial charge < -0.3 is 4.74 Å². The fourth-order valence-corrected chi connectivity index (χ4v) is 1.78. The quantitative estimate of drug-likeness (QED) is 0.697. The van der Waals surface area contributed by atoms with Crippen LogP contribution in [0.1, 0.15) is 23.8 Å².